The van der Waals surface area contributed by atoms with Crippen LogP contribution in [-0.4, -0.2) is 24.4 Å². The standard InChI is InChI=1S/C11H17NO4.ClH/c1-3-8-11(10(14)7(2)15-8)16-9(13)5-4-6-12;/h7H,3-6,12H2,1-2H3;1H. The molecule has 0 spiro atoms. The van der Waals surface area contributed by atoms with Gasteiger partial charge in [0.25, 0.3) is 0 Å². The maximum Gasteiger partial charge on any atom is 0.311 e. The van der Waals surface area contributed by atoms with Crippen LogP contribution in [0.25, 0.3) is 0 Å². The minimum atomic E-state index is -0.549. The first-order valence-electron chi connectivity index (χ1n) is 5.44. The molecule has 0 aromatic heterocycles. The molecule has 1 atom stereocenters. The van der Waals surface area contributed by atoms with E-state index in [4.69, 9.17) is 15.2 Å². The molecule has 1 rings (SSSR count). The predicted octanol–water partition coefficient (Wildman–Crippen LogP) is 1.30. The van der Waals surface area contributed by atoms with Crippen LogP contribution in [0.4, 0.5) is 0 Å². The molecule has 1 unspecified atom stereocenters. The summed E-state index contributed by atoms with van der Waals surface area (Å²) >= 11 is 0. The predicted molar refractivity (Wildman–Crippen MR) is 64.5 cm³/mol. The third-order valence-corrected chi connectivity index (χ3v) is 2.29. The number of nitrogens with two attached hydrogens (primary N) is 1. The zero-order valence-corrected chi connectivity index (χ0v) is 10.8. The van der Waals surface area contributed by atoms with Crippen molar-refractivity contribution in [2.75, 3.05) is 6.54 Å². The SMILES string of the molecule is CCC1=C(OC(=O)CCCN)C(=O)C(C)O1.Cl. The van der Waals surface area contributed by atoms with Crippen LogP contribution in [0.2, 0.25) is 0 Å². The molecule has 0 radical (unpaired) electrons. The van der Waals surface area contributed by atoms with E-state index in [9.17, 15) is 9.59 Å². The van der Waals surface area contributed by atoms with Gasteiger partial charge >= 0.3 is 5.97 Å². The number of ether oxygens (including phenoxy) is 2. The maximum atomic E-state index is 11.6. The van der Waals surface area contributed by atoms with E-state index in [1.807, 2.05) is 6.92 Å². The second kappa shape index (κ2) is 7.29. The summed E-state index contributed by atoms with van der Waals surface area (Å²) in [4.78, 5) is 23.0. The molecule has 0 bridgehead atoms. The fourth-order valence-electron chi connectivity index (χ4n) is 1.40. The highest BCUT2D eigenvalue weighted by molar-refractivity contribution is 6.00. The largest absolute Gasteiger partial charge is 0.483 e. The van der Waals surface area contributed by atoms with Crippen molar-refractivity contribution in [1.29, 1.82) is 0 Å². The average molecular weight is 264 g/mol. The van der Waals surface area contributed by atoms with E-state index < -0.39 is 12.1 Å². The molecular weight excluding hydrogens is 246 g/mol. The number of Topliss-reactive ketones (excluding diaryl/α,β-unsaturated/α-hetero) is 1. The van der Waals surface area contributed by atoms with Crippen LogP contribution in [0.1, 0.15) is 33.1 Å². The van der Waals surface area contributed by atoms with Gasteiger partial charge < -0.3 is 15.2 Å². The fraction of sp³-hybridized carbons (Fsp3) is 0.636. The summed E-state index contributed by atoms with van der Waals surface area (Å²) in [7, 11) is 0. The van der Waals surface area contributed by atoms with E-state index in [2.05, 4.69) is 0 Å². The Hall–Kier alpha value is -1.07. The Labute approximate surface area is 107 Å². The maximum absolute atomic E-state index is 11.6. The number of halogens is 1. The number of carbonyl (C=O) groups is 2. The summed E-state index contributed by atoms with van der Waals surface area (Å²) in [5, 5.41) is 0. The van der Waals surface area contributed by atoms with Crippen molar-refractivity contribution in [3.63, 3.8) is 0 Å². The lowest BCUT2D eigenvalue weighted by atomic mass is 10.2. The van der Waals surface area contributed by atoms with Gasteiger partial charge in [-0.3, -0.25) is 9.59 Å². The van der Waals surface area contributed by atoms with Crippen LogP contribution in [-0.2, 0) is 19.1 Å². The molecule has 0 saturated heterocycles. The van der Waals surface area contributed by atoms with Crippen molar-refractivity contribution < 1.29 is 19.1 Å². The molecule has 0 aromatic carbocycles. The highest BCUT2D eigenvalue weighted by atomic mass is 35.5. The van der Waals surface area contributed by atoms with Crippen molar-refractivity contribution in [2.45, 2.75) is 39.2 Å². The molecule has 1 aliphatic rings. The Morgan fingerprint density at radius 1 is 1.53 bits per heavy atom. The first kappa shape index (κ1) is 15.9. The minimum absolute atomic E-state index is 0. The molecule has 5 nitrogen and oxygen atoms in total. The van der Waals surface area contributed by atoms with Gasteiger partial charge in [-0.15, -0.1) is 12.4 Å². The Kier molecular flexibility index (Phi) is 6.83. The van der Waals surface area contributed by atoms with Crippen LogP contribution in [0.15, 0.2) is 11.5 Å². The fourth-order valence-corrected chi connectivity index (χ4v) is 1.40. The summed E-state index contributed by atoms with van der Waals surface area (Å²) in [6.07, 6.45) is 0.763. The molecular formula is C11H18ClNO4. The van der Waals surface area contributed by atoms with Gasteiger partial charge in [0.2, 0.25) is 11.5 Å². The van der Waals surface area contributed by atoms with E-state index in [0.717, 1.165) is 0 Å². The van der Waals surface area contributed by atoms with Crippen LogP contribution in [0.5, 0.6) is 0 Å². The van der Waals surface area contributed by atoms with E-state index in [0.29, 0.717) is 25.1 Å². The molecule has 17 heavy (non-hydrogen) atoms. The Bertz CT molecular complexity index is 327. The second-order valence-corrected chi connectivity index (χ2v) is 3.60. The van der Waals surface area contributed by atoms with Gasteiger partial charge in [-0.2, -0.15) is 0 Å². The van der Waals surface area contributed by atoms with Crippen molar-refractivity contribution >= 4 is 24.2 Å². The summed E-state index contributed by atoms with van der Waals surface area (Å²) < 4.78 is 10.3. The normalized spacial score (nSPS) is 18.8. The van der Waals surface area contributed by atoms with Crippen LogP contribution < -0.4 is 5.73 Å². The van der Waals surface area contributed by atoms with Crippen molar-refractivity contribution in [3.05, 3.63) is 11.5 Å². The van der Waals surface area contributed by atoms with Crippen molar-refractivity contribution in [3.8, 4) is 0 Å². The summed E-state index contributed by atoms with van der Waals surface area (Å²) in [5.41, 5.74) is 5.28. The Balaban J connectivity index is 0.00000256. The second-order valence-electron chi connectivity index (χ2n) is 3.60. The molecule has 6 heteroatoms. The van der Waals surface area contributed by atoms with Crippen LogP contribution in [0, 0.1) is 0 Å². The molecule has 1 aliphatic heterocycles. The van der Waals surface area contributed by atoms with Gasteiger partial charge in [0, 0.05) is 12.8 Å². The molecule has 0 fully saturated rings. The van der Waals surface area contributed by atoms with Crippen LogP contribution in [0.3, 0.4) is 0 Å². The van der Waals surface area contributed by atoms with Crippen molar-refractivity contribution in [2.24, 2.45) is 5.73 Å². The van der Waals surface area contributed by atoms with E-state index >= 15 is 0 Å². The number of hydrogen-bond acceptors (Lipinski definition) is 5. The van der Waals surface area contributed by atoms with Gasteiger partial charge in [-0.25, -0.2) is 0 Å². The summed E-state index contributed by atoms with van der Waals surface area (Å²) in [5.74, 6) is -0.175. The summed E-state index contributed by atoms with van der Waals surface area (Å²) in [6.45, 7) is 3.91. The van der Waals surface area contributed by atoms with Crippen LogP contribution >= 0.6 is 12.4 Å². The topological polar surface area (TPSA) is 78.6 Å². The summed E-state index contributed by atoms with van der Waals surface area (Å²) in [6, 6.07) is 0. The van der Waals surface area contributed by atoms with Gasteiger partial charge in [-0.05, 0) is 19.9 Å². The highest BCUT2D eigenvalue weighted by Crippen LogP contribution is 2.25. The van der Waals surface area contributed by atoms with Gasteiger partial charge in [0.05, 0.1) is 0 Å². The number of allylic oxidation sites excluding steroid dienone is 1. The lowest BCUT2D eigenvalue weighted by Crippen LogP contribution is -2.17. The molecule has 1 heterocycles. The number of ketones is 1. The average Bonchev–Trinajstić information content (AvgIpc) is 2.54. The van der Waals surface area contributed by atoms with Gasteiger partial charge in [0.15, 0.2) is 6.10 Å². The number of rotatable bonds is 5. The zero-order chi connectivity index (χ0) is 12.1. The van der Waals surface area contributed by atoms with E-state index in [-0.39, 0.29) is 30.4 Å². The van der Waals surface area contributed by atoms with E-state index in [1.165, 1.54) is 0 Å². The molecule has 0 amide bonds. The monoisotopic (exact) mass is 263 g/mol. The minimum Gasteiger partial charge on any atom is -0.483 e. The quantitative estimate of drug-likeness (QED) is 0.757. The molecule has 2 N–H and O–H groups in total. The number of esters is 1. The van der Waals surface area contributed by atoms with E-state index in [1.54, 1.807) is 6.92 Å². The third kappa shape index (κ3) is 4.02. The Morgan fingerprint density at radius 2 is 2.18 bits per heavy atom. The zero-order valence-electron chi connectivity index (χ0n) is 10.0. The van der Waals surface area contributed by atoms with Crippen molar-refractivity contribution in [1.82, 2.24) is 0 Å². The van der Waals surface area contributed by atoms with Gasteiger partial charge in [-0.1, -0.05) is 6.92 Å². The lowest BCUT2D eigenvalue weighted by molar-refractivity contribution is -0.142. The smallest absolute Gasteiger partial charge is 0.311 e. The third-order valence-electron chi connectivity index (χ3n) is 2.29. The molecule has 0 saturated carbocycles. The number of hydrogen-bond donors (Lipinski definition) is 1. The lowest BCUT2D eigenvalue weighted by Gasteiger charge is -2.03. The molecule has 0 aromatic rings. The highest BCUT2D eigenvalue weighted by Gasteiger charge is 2.33. The molecule has 98 valence electrons. The first-order chi connectivity index (χ1) is 7.60. The Morgan fingerprint density at radius 3 is 2.71 bits per heavy atom. The molecule has 0 aliphatic carbocycles. The van der Waals surface area contributed by atoms with Gasteiger partial charge in [0.1, 0.15) is 5.76 Å². The number of carbonyl (C=O) groups excluding carboxylic acids is 2. The first-order valence-corrected chi connectivity index (χ1v) is 5.44.